The molecule has 1 aromatic rings. The average molecular weight is 294 g/mol. The van der Waals surface area contributed by atoms with Crippen LogP contribution in [-0.4, -0.2) is 47.3 Å². The molecule has 1 unspecified atom stereocenters. The molecule has 4 nitrogen and oxygen atoms in total. The Morgan fingerprint density at radius 3 is 2.75 bits per heavy atom. The van der Waals surface area contributed by atoms with Crippen molar-refractivity contribution in [3.63, 3.8) is 0 Å². The molecule has 1 saturated heterocycles. The van der Waals surface area contributed by atoms with Gasteiger partial charge in [0.2, 0.25) is 5.91 Å². The van der Waals surface area contributed by atoms with Gasteiger partial charge in [0, 0.05) is 19.6 Å². The summed E-state index contributed by atoms with van der Waals surface area (Å²) in [5.74, 6) is 0.0554. The predicted octanol–water partition coefficient (Wildman–Crippen LogP) is 2.61. The van der Waals surface area contributed by atoms with Gasteiger partial charge < -0.3 is 9.80 Å². The molecule has 1 aliphatic heterocycles. The van der Waals surface area contributed by atoms with Gasteiger partial charge in [-0.1, -0.05) is 6.07 Å². The van der Waals surface area contributed by atoms with Crippen LogP contribution in [0.2, 0.25) is 0 Å². The van der Waals surface area contributed by atoms with Gasteiger partial charge in [0.1, 0.15) is 6.04 Å². The summed E-state index contributed by atoms with van der Waals surface area (Å²) in [6.45, 7) is 4.66. The number of piperidine rings is 1. The van der Waals surface area contributed by atoms with Crippen LogP contribution in [0.4, 0.5) is 0 Å². The monoisotopic (exact) mass is 294 g/mol. The van der Waals surface area contributed by atoms with Gasteiger partial charge in [0.05, 0.1) is 4.88 Å². The first-order chi connectivity index (χ1) is 9.52. The van der Waals surface area contributed by atoms with Gasteiger partial charge in [-0.25, -0.2) is 0 Å². The van der Waals surface area contributed by atoms with Gasteiger partial charge in [-0.05, 0) is 44.6 Å². The molecule has 1 aliphatic rings. The Morgan fingerprint density at radius 1 is 1.40 bits per heavy atom. The zero-order chi connectivity index (χ0) is 14.7. The number of amides is 2. The first kappa shape index (κ1) is 15.0. The predicted molar refractivity (Wildman–Crippen MR) is 80.9 cm³/mol. The highest BCUT2D eigenvalue weighted by Crippen LogP contribution is 2.23. The highest BCUT2D eigenvalue weighted by molar-refractivity contribution is 7.12. The van der Waals surface area contributed by atoms with E-state index < -0.39 is 0 Å². The number of rotatable bonds is 3. The fraction of sp³-hybridized carbons (Fsp3) is 0.600. The summed E-state index contributed by atoms with van der Waals surface area (Å²) in [7, 11) is 1.81. The van der Waals surface area contributed by atoms with Crippen molar-refractivity contribution in [2.45, 2.75) is 45.2 Å². The lowest BCUT2D eigenvalue weighted by Gasteiger charge is -2.37. The summed E-state index contributed by atoms with van der Waals surface area (Å²) in [6.07, 6.45) is 2.76. The minimum atomic E-state index is -0.300. The molecule has 5 heteroatoms. The van der Waals surface area contributed by atoms with E-state index in [1.807, 2.05) is 38.4 Å². The second-order valence-electron chi connectivity index (χ2n) is 5.53. The molecule has 20 heavy (non-hydrogen) atoms. The smallest absolute Gasteiger partial charge is 0.264 e. The molecule has 1 atom stereocenters. The molecule has 110 valence electrons. The van der Waals surface area contributed by atoms with Crippen molar-refractivity contribution in [2.75, 3.05) is 13.6 Å². The Kier molecular flexibility index (Phi) is 4.81. The molecule has 0 N–H and O–H groups in total. The molecular weight excluding hydrogens is 272 g/mol. The highest BCUT2D eigenvalue weighted by atomic mass is 32.1. The maximum atomic E-state index is 12.6. The van der Waals surface area contributed by atoms with Crippen LogP contribution >= 0.6 is 11.3 Å². The van der Waals surface area contributed by atoms with E-state index in [0.717, 1.165) is 24.1 Å². The molecule has 0 aromatic carbocycles. The van der Waals surface area contributed by atoms with Crippen molar-refractivity contribution in [2.24, 2.45) is 0 Å². The van der Waals surface area contributed by atoms with Gasteiger partial charge in [-0.15, -0.1) is 11.3 Å². The third-order valence-electron chi connectivity index (χ3n) is 3.90. The van der Waals surface area contributed by atoms with E-state index in [2.05, 4.69) is 0 Å². The fourth-order valence-electron chi connectivity index (χ4n) is 2.46. The number of likely N-dealkylation sites (tertiary alicyclic amines) is 1. The molecule has 0 saturated carbocycles. The molecule has 0 spiro atoms. The lowest BCUT2D eigenvalue weighted by Crippen LogP contribution is -2.53. The maximum Gasteiger partial charge on any atom is 0.264 e. The van der Waals surface area contributed by atoms with Gasteiger partial charge in [0.15, 0.2) is 0 Å². The standard InChI is InChI=1S/C15H22N2O2S/c1-11(2)16(3)14(18)12-7-4-5-9-17(12)15(19)13-8-6-10-20-13/h6,8,10-12H,4-5,7,9H2,1-3H3. The molecule has 2 rings (SSSR count). The maximum absolute atomic E-state index is 12.6. The number of thiophene rings is 1. The summed E-state index contributed by atoms with van der Waals surface area (Å²) >= 11 is 1.44. The number of likely N-dealkylation sites (N-methyl/N-ethyl adjacent to an activating group) is 1. The van der Waals surface area contributed by atoms with Gasteiger partial charge in [-0.3, -0.25) is 9.59 Å². The van der Waals surface area contributed by atoms with E-state index in [9.17, 15) is 9.59 Å². The number of hydrogen-bond donors (Lipinski definition) is 0. The molecule has 0 radical (unpaired) electrons. The molecule has 2 amide bonds. The zero-order valence-corrected chi connectivity index (χ0v) is 13.2. The van der Waals surface area contributed by atoms with Crippen LogP contribution in [0.5, 0.6) is 0 Å². The fourth-order valence-corrected chi connectivity index (χ4v) is 3.14. The van der Waals surface area contributed by atoms with Crippen molar-refractivity contribution in [3.8, 4) is 0 Å². The van der Waals surface area contributed by atoms with E-state index in [4.69, 9.17) is 0 Å². The van der Waals surface area contributed by atoms with Crippen LogP contribution in [0.1, 0.15) is 42.8 Å². The Balaban J connectivity index is 2.17. The topological polar surface area (TPSA) is 40.6 Å². The minimum Gasteiger partial charge on any atom is -0.342 e. The first-order valence-corrected chi connectivity index (χ1v) is 8.01. The lowest BCUT2D eigenvalue weighted by molar-refractivity contribution is -0.137. The molecular formula is C15H22N2O2S. The van der Waals surface area contributed by atoms with Crippen LogP contribution in [-0.2, 0) is 4.79 Å². The Hall–Kier alpha value is -1.36. The second kappa shape index (κ2) is 6.39. The summed E-state index contributed by atoms with van der Waals surface area (Å²) in [5.41, 5.74) is 0. The molecule has 2 heterocycles. The van der Waals surface area contributed by atoms with Crippen molar-refractivity contribution in [1.82, 2.24) is 9.80 Å². The van der Waals surface area contributed by atoms with Crippen LogP contribution in [0.25, 0.3) is 0 Å². The van der Waals surface area contributed by atoms with Gasteiger partial charge in [0.25, 0.3) is 5.91 Å². The Labute approximate surface area is 124 Å². The van der Waals surface area contributed by atoms with Crippen LogP contribution in [0.3, 0.4) is 0 Å². The summed E-state index contributed by atoms with van der Waals surface area (Å²) in [6, 6.07) is 3.56. The lowest BCUT2D eigenvalue weighted by atomic mass is 10.00. The number of carbonyl (C=O) groups is 2. The van der Waals surface area contributed by atoms with Gasteiger partial charge in [-0.2, -0.15) is 0 Å². The number of hydrogen-bond acceptors (Lipinski definition) is 3. The summed E-state index contributed by atoms with van der Waals surface area (Å²) in [5, 5.41) is 1.90. The van der Waals surface area contributed by atoms with E-state index in [0.29, 0.717) is 6.54 Å². The van der Waals surface area contributed by atoms with Crippen molar-refractivity contribution >= 4 is 23.2 Å². The number of nitrogens with zero attached hydrogens (tertiary/aromatic N) is 2. The Morgan fingerprint density at radius 2 is 2.15 bits per heavy atom. The summed E-state index contributed by atoms with van der Waals surface area (Å²) in [4.78, 5) is 29.3. The SMILES string of the molecule is CC(C)N(C)C(=O)C1CCCCN1C(=O)c1cccs1. The van der Waals surface area contributed by atoms with E-state index in [1.165, 1.54) is 11.3 Å². The quantitative estimate of drug-likeness (QED) is 0.860. The van der Waals surface area contributed by atoms with E-state index in [1.54, 1.807) is 9.80 Å². The average Bonchev–Trinajstić information content (AvgIpc) is 2.99. The van der Waals surface area contributed by atoms with Crippen molar-refractivity contribution in [3.05, 3.63) is 22.4 Å². The van der Waals surface area contributed by atoms with Crippen molar-refractivity contribution in [1.29, 1.82) is 0 Å². The highest BCUT2D eigenvalue weighted by Gasteiger charge is 2.34. The molecule has 1 aromatic heterocycles. The molecule has 0 bridgehead atoms. The molecule has 1 fully saturated rings. The second-order valence-corrected chi connectivity index (χ2v) is 6.48. The molecule has 0 aliphatic carbocycles. The largest absolute Gasteiger partial charge is 0.342 e. The van der Waals surface area contributed by atoms with Gasteiger partial charge >= 0.3 is 0 Å². The number of carbonyl (C=O) groups excluding carboxylic acids is 2. The van der Waals surface area contributed by atoms with E-state index >= 15 is 0 Å². The Bertz CT molecular complexity index is 470. The third kappa shape index (κ3) is 3.03. The first-order valence-electron chi connectivity index (χ1n) is 7.13. The minimum absolute atomic E-state index is 0.00444. The van der Waals surface area contributed by atoms with Crippen LogP contribution < -0.4 is 0 Å². The zero-order valence-electron chi connectivity index (χ0n) is 12.3. The van der Waals surface area contributed by atoms with Crippen LogP contribution in [0.15, 0.2) is 17.5 Å². The van der Waals surface area contributed by atoms with Crippen molar-refractivity contribution < 1.29 is 9.59 Å². The van der Waals surface area contributed by atoms with Crippen LogP contribution in [0, 0.1) is 0 Å². The normalized spacial score (nSPS) is 19.2. The van der Waals surface area contributed by atoms with E-state index in [-0.39, 0.29) is 23.9 Å². The summed E-state index contributed by atoms with van der Waals surface area (Å²) < 4.78 is 0. The third-order valence-corrected chi connectivity index (χ3v) is 4.76.